The van der Waals surface area contributed by atoms with Gasteiger partial charge in [0.15, 0.2) is 5.78 Å². The van der Waals surface area contributed by atoms with E-state index in [0.29, 0.717) is 24.5 Å². The number of benzene rings is 2. The Hall–Kier alpha value is -3.43. The molecule has 0 radical (unpaired) electrons. The molecule has 1 unspecified atom stereocenters. The molecule has 9 heteroatoms. The van der Waals surface area contributed by atoms with Crippen molar-refractivity contribution < 1.29 is 23.6 Å². The predicted octanol–water partition coefficient (Wildman–Crippen LogP) is 3.55. The van der Waals surface area contributed by atoms with E-state index >= 15 is 0 Å². The molecule has 0 saturated heterocycles. The van der Waals surface area contributed by atoms with Crippen LogP contribution in [0.1, 0.15) is 34.1 Å². The fraction of sp³-hybridized carbons (Fsp3) is 0.370. The first kappa shape index (κ1) is 27.2. The number of ether oxygens (including phenoxy) is 2. The maximum Gasteiger partial charge on any atom is 0.293 e. The van der Waals surface area contributed by atoms with E-state index < -0.39 is 25.6 Å². The van der Waals surface area contributed by atoms with E-state index in [2.05, 4.69) is 36.9 Å². The van der Waals surface area contributed by atoms with Gasteiger partial charge in [0.2, 0.25) is 5.76 Å². The molecule has 0 aliphatic carbocycles. The van der Waals surface area contributed by atoms with Gasteiger partial charge in [-0.3, -0.25) is 14.4 Å². The number of rotatable bonds is 12. The van der Waals surface area contributed by atoms with Crippen LogP contribution in [-0.2, 0) is 16.0 Å². The molecule has 0 fully saturated rings. The van der Waals surface area contributed by atoms with Crippen molar-refractivity contribution in [3.8, 4) is 5.75 Å². The zero-order chi connectivity index (χ0) is 26.3. The Morgan fingerprint density at radius 2 is 1.69 bits per heavy atom. The Morgan fingerprint density at radius 3 is 2.25 bits per heavy atom. The lowest BCUT2D eigenvalue weighted by molar-refractivity contribution is -0.122. The first-order valence-electron chi connectivity index (χ1n) is 11.9. The Labute approximate surface area is 212 Å². The van der Waals surface area contributed by atoms with Crippen LogP contribution in [-0.4, -0.2) is 57.2 Å². The number of H-pyrrole nitrogens is 1. The lowest BCUT2D eigenvalue weighted by Crippen LogP contribution is -2.38. The average molecular weight is 511 g/mol. The summed E-state index contributed by atoms with van der Waals surface area (Å²) in [6.07, 6.45) is 0.912. The van der Waals surface area contributed by atoms with E-state index in [-0.39, 0.29) is 18.0 Å². The molecule has 0 bridgehead atoms. The Balaban J connectivity index is 1.84. The number of nitrogens with one attached hydrogen (secondary N) is 1. The quantitative estimate of drug-likeness (QED) is 0.295. The molecule has 1 heterocycles. The number of methoxy groups -OCH3 is 1. The molecule has 1 atom stereocenters. The highest BCUT2D eigenvalue weighted by Crippen LogP contribution is 2.26. The summed E-state index contributed by atoms with van der Waals surface area (Å²) in [5, 5.41) is 3.43. The molecular weight excluding hydrogens is 476 g/mol. The van der Waals surface area contributed by atoms with E-state index in [1.54, 1.807) is 31.4 Å². The van der Waals surface area contributed by atoms with Gasteiger partial charge >= 0.3 is 0 Å². The number of hydrogen-bond acceptors (Lipinski definition) is 6. The second kappa shape index (κ2) is 12.0. The predicted molar refractivity (Wildman–Crippen MR) is 141 cm³/mol. The van der Waals surface area contributed by atoms with Crippen molar-refractivity contribution in [2.45, 2.75) is 38.5 Å². The van der Waals surface area contributed by atoms with Crippen molar-refractivity contribution in [2.75, 3.05) is 27.4 Å². The Kier molecular flexibility index (Phi) is 9.06. The molecule has 36 heavy (non-hydrogen) atoms. The van der Waals surface area contributed by atoms with Crippen LogP contribution in [0.3, 0.4) is 0 Å². The van der Waals surface area contributed by atoms with Gasteiger partial charge in [0.25, 0.3) is 11.5 Å². The summed E-state index contributed by atoms with van der Waals surface area (Å²) in [4.78, 5) is 39.4. The number of ketones is 1. The third-order valence-corrected chi connectivity index (χ3v) is 7.97. The van der Waals surface area contributed by atoms with Crippen molar-refractivity contribution in [1.82, 2.24) is 10.1 Å². The molecule has 192 valence electrons. The van der Waals surface area contributed by atoms with Crippen molar-refractivity contribution in [2.24, 2.45) is 0 Å². The monoisotopic (exact) mass is 510 g/mol. The minimum Gasteiger partial charge on any atom is -0.494 e. The van der Waals surface area contributed by atoms with Gasteiger partial charge in [0.05, 0.1) is 20.7 Å². The molecule has 0 aliphatic heterocycles. The fourth-order valence-electron chi connectivity index (χ4n) is 3.87. The topological polar surface area (TPSA) is 102 Å². The van der Waals surface area contributed by atoms with Crippen LogP contribution in [0.25, 0.3) is 0 Å². The van der Waals surface area contributed by atoms with Crippen molar-refractivity contribution in [3.05, 3.63) is 81.8 Å². The second-order valence-corrected chi connectivity index (χ2v) is 14.8. The van der Waals surface area contributed by atoms with Gasteiger partial charge in [-0.1, -0.05) is 61.2 Å². The van der Waals surface area contributed by atoms with Crippen LogP contribution in [0.4, 0.5) is 0 Å². The minimum absolute atomic E-state index is 0.153. The Morgan fingerprint density at radius 1 is 1.03 bits per heavy atom. The second-order valence-electron chi connectivity index (χ2n) is 9.75. The highest BCUT2D eigenvalue weighted by Gasteiger charge is 2.31. The third-order valence-electron chi connectivity index (χ3n) is 5.90. The summed E-state index contributed by atoms with van der Waals surface area (Å²) >= 11 is 0. The molecule has 0 aliphatic rings. The van der Waals surface area contributed by atoms with Crippen LogP contribution in [0.2, 0.25) is 19.6 Å². The Bertz CT molecular complexity index is 1210. The maximum atomic E-state index is 13.6. The number of nitrogens with zero attached hydrogens (tertiary/aromatic N) is 1. The average Bonchev–Trinajstić information content (AvgIpc) is 3.28. The summed E-state index contributed by atoms with van der Waals surface area (Å²) in [7, 11) is 1.72. The lowest BCUT2D eigenvalue weighted by Gasteiger charge is -2.27. The zero-order valence-corrected chi connectivity index (χ0v) is 22.5. The molecule has 0 saturated carbocycles. The van der Waals surface area contributed by atoms with E-state index in [0.717, 1.165) is 18.1 Å². The van der Waals surface area contributed by atoms with Crippen LogP contribution < -0.4 is 15.5 Å². The summed E-state index contributed by atoms with van der Waals surface area (Å²) in [5.74, 6) is -0.217. The molecule has 0 spiro atoms. The smallest absolute Gasteiger partial charge is 0.293 e. The fourth-order valence-corrected chi connectivity index (χ4v) is 5.03. The van der Waals surface area contributed by atoms with Gasteiger partial charge in [-0.25, -0.2) is 0 Å². The summed E-state index contributed by atoms with van der Waals surface area (Å²) < 4.78 is 15.7. The molecule has 1 amide bonds. The summed E-state index contributed by atoms with van der Waals surface area (Å²) in [5.41, 5.74) is 0.989. The van der Waals surface area contributed by atoms with Crippen molar-refractivity contribution in [1.29, 1.82) is 0 Å². The molecule has 2 aromatic carbocycles. The number of carbonyl (C=O) groups is 2. The van der Waals surface area contributed by atoms with E-state index in [1.807, 2.05) is 12.1 Å². The lowest BCUT2D eigenvalue weighted by atomic mass is 9.96. The number of carbonyl (C=O) groups excluding carboxylic acids is 2. The first-order chi connectivity index (χ1) is 17.1. The van der Waals surface area contributed by atoms with Gasteiger partial charge in [-0.15, -0.1) is 0 Å². The molecule has 1 N–H and O–H groups in total. The number of likely N-dealkylation sites (N-methyl/N-ethyl adjacent to an activating group) is 1. The normalized spacial score (nSPS) is 12.2. The molecule has 8 nitrogen and oxygen atoms in total. The number of aromatic nitrogens is 1. The molecular formula is C27H34N2O6Si. The van der Waals surface area contributed by atoms with Crippen LogP contribution in [0, 0.1) is 0 Å². The number of Topliss-reactive ketones (excluding diaryl/α,β-unsaturated/α-hetero) is 1. The number of amides is 1. The SMILES string of the molecule is COCCCOc1ccc(C(C(=O)Cc2ccc([Si](C)(C)C)cc2)N(C)C(=O)c2cc(=O)[nH]o2)cc1. The van der Waals surface area contributed by atoms with Gasteiger partial charge in [0, 0.05) is 33.6 Å². The maximum absolute atomic E-state index is 13.6. The summed E-state index contributed by atoms with van der Waals surface area (Å²) in [6, 6.07) is 15.4. The first-order valence-corrected chi connectivity index (χ1v) is 15.4. The third kappa shape index (κ3) is 7.05. The van der Waals surface area contributed by atoms with Crippen molar-refractivity contribution >= 4 is 25.0 Å². The minimum atomic E-state index is -1.45. The van der Waals surface area contributed by atoms with Crippen LogP contribution in [0.15, 0.2) is 63.9 Å². The van der Waals surface area contributed by atoms with Gasteiger partial charge < -0.3 is 18.9 Å². The summed E-state index contributed by atoms with van der Waals surface area (Å²) in [6.45, 7) is 7.93. The molecule has 3 aromatic rings. The van der Waals surface area contributed by atoms with Gasteiger partial charge in [-0.05, 0) is 23.3 Å². The molecule has 1 aromatic heterocycles. The number of hydrogen-bond donors (Lipinski definition) is 1. The van der Waals surface area contributed by atoms with Gasteiger partial charge in [-0.2, -0.15) is 5.16 Å². The van der Waals surface area contributed by atoms with Crippen molar-refractivity contribution in [3.63, 3.8) is 0 Å². The highest BCUT2D eigenvalue weighted by molar-refractivity contribution is 6.88. The van der Waals surface area contributed by atoms with E-state index in [9.17, 15) is 14.4 Å². The molecule has 3 rings (SSSR count). The highest BCUT2D eigenvalue weighted by atomic mass is 28.3. The van der Waals surface area contributed by atoms with Crippen LogP contribution >= 0.6 is 0 Å². The van der Waals surface area contributed by atoms with Crippen LogP contribution in [0.5, 0.6) is 5.75 Å². The standard InChI is InChI=1S/C27H34N2O6Si/c1-29(27(32)24-18-25(31)28-35-24)26(20-9-11-21(12-10-20)34-16-6-15-33-2)23(30)17-19-7-13-22(14-8-19)36(3,4)5/h7-14,18,26H,6,15-17H2,1-5H3,(H,28,31). The largest absolute Gasteiger partial charge is 0.494 e. The van der Waals surface area contributed by atoms with E-state index in [1.165, 1.54) is 17.1 Å². The zero-order valence-electron chi connectivity index (χ0n) is 21.5. The number of aromatic amines is 1. The van der Waals surface area contributed by atoms with E-state index in [4.69, 9.17) is 14.0 Å². The van der Waals surface area contributed by atoms with Gasteiger partial charge in [0.1, 0.15) is 11.8 Å².